The molecule has 1 unspecified atom stereocenters. The summed E-state index contributed by atoms with van der Waals surface area (Å²) >= 11 is 1.58. The van der Waals surface area contributed by atoms with Crippen LogP contribution in [0.25, 0.3) is 6.08 Å². The predicted octanol–water partition coefficient (Wildman–Crippen LogP) is 1.70. The van der Waals surface area contributed by atoms with Crippen LogP contribution in [0.4, 0.5) is 0 Å². The van der Waals surface area contributed by atoms with Gasteiger partial charge in [0.2, 0.25) is 5.91 Å². The summed E-state index contributed by atoms with van der Waals surface area (Å²) in [7, 11) is 0. The van der Waals surface area contributed by atoms with Gasteiger partial charge in [-0.3, -0.25) is 4.79 Å². The Morgan fingerprint density at radius 3 is 3.22 bits per heavy atom. The number of rotatable bonds is 3. The number of carbonyl (C=O) groups excluding carboxylic acids is 1. The van der Waals surface area contributed by atoms with Gasteiger partial charge in [-0.05, 0) is 31.8 Å². The van der Waals surface area contributed by atoms with E-state index in [0.717, 1.165) is 30.1 Å². The van der Waals surface area contributed by atoms with Crippen molar-refractivity contribution >= 4 is 23.3 Å². The maximum absolute atomic E-state index is 12.0. The van der Waals surface area contributed by atoms with E-state index < -0.39 is 0 Å². The van der Waals surface area contributed by atoms with E-state index in [-0.39, 0.29) is 18.4 Å². The van der Waals surface area contributed by atoms with Crippen molar-refractivity contribution in [2.24, 2.45) is 5.92 Å². The van der Waals surface area contributed by atoms with Crippen molar-refractivity contribution in [1.29, 1.82) is 0 Å². The second-order valence-electron chi connectivity index (χ2n) is 4.60. The molecule has 1 amide bonds. The van der Waals surface area contributed by atoms with Gasteiger partial charge in [0.25, 0.3) is 0 Å². The van der Waals surface area contributed by atoms with Gasteiger partial charge >= 0.3 is 0 Å². The summed E-state index contributed by atoms with van der Waals surface area (Å²) in [4.78, 5) is 18.1. The number of aryl methyl sites for hydroxylation is 1. The van der Waals surface area contributed by atoms with E-state index in [1.165, 1.54) is 0 Å². The van der Waals surface area contributed by atoms with Crippen LogP contribution >= 0.6 is 11.3 Å². The summed E-state index contributed by atoms with van der Waals surface area (Å²) in [5.41, 5.74) is 0.835. The summed E-state index contributed by atoms with van der Waals surface area (Å²) in [5.74, 6) is 0.247. The Bertz CT molecular complexity index is 442. The second-order valence-corrected chi connectivity index (χ2v) is 5.66. The molecule has 0 bridgehead atoms. The molecule has 4 nitrogen and oxygen atoms in total. The molecule has 98 valence electrons. The zero-order chi connectivity index (χ0) is 13.0. The first-order valence-electron chi connectivity index (χ1n) is 6.19. The first-order valence-corrected chi connectivity index (χ1v) is 7.07. The molecule has 0 aromatic carbocycles. The third-order valence-corrected chi connectivity index (χ3v) is 3.91. The molecule has 0 radical (unpaired) electrons. The predicted molar refractivity (Wildman–Crippen MR) is 72.3 cm³/mol. The number of thiazole rings is 1. The number of amides is 1. The van der Waals surface area contributed by atoms with Gasteiger partial charge in [-0.25, -0.2) is 4.98 Å². The lowest BCUT2D eigenvalue weighted by atomic mass is 9.99. The fourth-order valence-corrected chi connectivity index (χ4v) is 2.71. The van der Waals surface area contributed by atoms with Crippen molar-refractivity contribution in [2.75, 3.05) is 19.7 Å². The molecule has 2 heterocycles. The van der Waals surface area contributed by atoms with Crippen LogP contribution in [-0.4, -0.2) is 40.6 Å². The Morgan fingerprint density at radius 1 is 1.72 bits per heavy atom. The summed E-state index contributed by atoms with van der Waals surface area (Å²) in [6.07, 6.45) is 5.32. The standard InChI is InChI=1S/C13H18N2O2S/c1-10-14-12(9-18-10)4-5-13(17)15-6-2-3-11(7-15)8-16/h4-5,9,11,16H,2-3,6-8H2,1H3/b5-4+. The van der Waals surface area contributed by atoms with Gasteiger partial charge in [-0.2, -0.15) is 0 Å². The van der Waals surface area contributed by atoms with Crippen molar-refractivity contribution < 1.29 is 9.90 Å². The Hall–Kier alpha value is -1.20. The van der Waals surface area contributed by atoms with Gasteiger partial charge in [-0.15, -0.1) is 11.3 Å². The van der Waals surface area contributed by atoms with Gasteiger partial charge in [0.05, 0.1) is 10.7 Å². The number of piperidine rings is 1. The Kier molecular flexibility index (Phi) is 4.49. The first kappa shape index (κ1) is 13.2. The topological polar surface area (TPSA) is 53.4 Å². The molecule has 0 spiro atoms. The monoisotopic (exact) mass is 266 g/mol. The molecule has 1 fully saturated rings. The van der Waals surface area contributed by atoms with Gasteiger partial charge in [0.1, 0.15) is 0 Å². The highest BCUT2D eigenvalue weighted by atomic mass is 32.1. The average molecular weight is 266 g/mol. The van der Waals surface area contributed by atoms with Crippen LogP contribution in [0.1, 0.15) is 23.5 Å². The highest BCUT2D eigenvalue weighted by molar-refractivity contribution is 7.09. The number of carbonyl (C=O) groups is 1. The van der Waals surface area contributed by atoms with E-state index in [2.05, 4.69) is 4.98 Å². The molecule has 1 N–H and O–H groups in total. The Labute approximate surface area is 111 Å². The normalized spacial score (nSPS) is 20.6. The number of aromatic nitrogens is 1. The molecule has 0 saturated carbocycles. The van der Waals surface area contributed by atoms with Crippen molar-refractivity contribution in [3.05, 3.63) is 22.2 Å². The third-order valence-electron chi connectivity index (χ3n) is 3.12. The largest absolute Gasteiger partial charge is 0.396 e. The summed E-state index contributed by atoms with van der Waals surface area (Å²) in [6, 6.07) is 0. The van der Waals surface area contributed by atoms with Gasteiger partial charge in [0.15, 0.2) is 0 Å². The number of aliphatic hydroxyl groups excluding tert-OH is 1. The van der Waals surface area contributed by atoms with Crippen LogP contribution < -0.4 is 0 Å². The quantitative estimate of drug-likeness (QED) is 0.847. The molecule has 1 atom stereocenters. The number of hydrogen-bond donors (Lipinski definition) is 1. The minimum absolute atomic E-state index is 0.0128. The lowest BCUT2D eigenvalue weighted by Gasteiger charge is -2.31. The molecule has 1 aliphatic rings. The lowest BCUT2D eigenvalue weighted by molar-refractivity contribution is -0.127. The zero-order valence-electron chi connectivity index (χ0n) is 10.5. The van der Waals surface area contributed by atoms with Crippen LogP contribution in [0.15, 0.2) is 11.5 Å². The van der Waals surface area contributed by atoms with Crippen molar-refractivity contribution in [3.63, 3.8) is 0 Å². The lowest BCUT2D eigenvalue weighted by Crippen LogP contribution is -2.40. The molecule has 2 rings (SSSR count). The molecule has 18 heavy (non-hydrogen) atoms. The molecule has 1 aromatic heterocycles. The van der Waals surface area contributed by atoms with Gasteiger partial charge in [0, 0.05) is 31.2 Å². The summed E-state index contributed by atoms with van der Waals surface area (Å²) in [6.45, 7) is 3.56. The molecular weight excluding hydrogens is 248 g/mol. The Morgan fingerprint density at radius 2 is 2.56 bits per heavy atom. The molecule has 1 saturated heterocycles. The highest BCUT2D eigenvalue weighted by Crippen LogP contribution is 2.16. The van der Waals surface area contributed by atoms with Crippen LogP contribution in [0.3, 0.4) is 0 Å². The molecule has 5 heteroatoms. The SMILES string of the molecule is Cc1nc(/C=C/C(=O)N2CCCC(CO)C2)cs1. The van der Waals surface area contributed by atoms with E-state index >= 15 is 0 Å². The number of nitrogens with zero attached hydrogens (tertiary/aromatic N) is 2. The van der Waals surface area contributed by atoms with Crippen LogP contribution in [0.5, 0.6) is 0 Å². The fraction of sp³-hybridized carbons (Fsp3) is 0.538. The van der Waals surface area contributed by atoms with Crippen molar-refractivity contribution in [1.82, 2.24) is 9.88 Å². The Balaban J connectivity index is 1.93. The van der Waals surface area contributed by atoms with E-state index in [1.54, 1.807) is 28.4 Å². The maximum Gasteiger partial charge on any atom is 0.246 e. The minimum Gasteiger partial charge on any atom is -0.396 e. The zero-order valence-corrected chi connectivity index (χ0v) is 11.3. The van der Waals surface area contributed by atoms with Crippen LogP contribution in [0.2, 0.25) is 0 Å². The number of hydrogen-bond acceptors (Lipinski definition) is 4. The smallest absolute Gasteiger partial charge is 0.246 e. The maximum atomic E-state index is 12.0. The molecule has 1 aromatic rings. The van der Waals surface area contributed by atoms with Crippen molar-refractivity contribution in [2.45, 2.75) is 19.8 Å². The second kappa shape index (κ2) is 6.11. The highest BCUT2D eigenvalue weighted by Gasteiger charge is 2.21. The van der Waals surface area contributed by atoms with E-state index in [0.29, 0.717) is 6.54 Å². The average Bonchev–Trinajstić information content (AvgIpc) is 2.82. The van der Waals surface area contributed by atoms with Crippen LogP contribution in [0, 0.1) is 12.8 Å². The first-order chi connectivity index (χ1) is 8.69. The van der Waals surface area contributed by atoms with Crippen molar-refractivity contribution in [3.8, 4) is 0 Å². The van der Waals surface area contributed by atoms with Gasteiger partial charge in [-0.1, -0.05) is 0 Å². The fourth-order valence-electron chi connectivity index (χ4n) is 2.13. The number of likely N-dealkylation sites (tertiary alicyclic amines) is 1. The summed E-state index contributed by atoms with van der Waals surface area (Å²) < 4.78 is 0. The van der Waals surface area contributed by atoms with E-state index in [1.807, 2.05) is 12.3 Å². The van der Waals surface area contributed by atoms with E-state index in [9.17, 15) is 4.79 Å². The van der Waals surface area contributed by atoms with Crippen LogP contribution in [-0.2, 0) is 4.79 Å². The third kappa shape index (κ3) is 3.40. The minimum atomic E-state index is 0.0128. The van der Waals surface area contributed by atoms with Gasteiger partial charge < -0.3 is 10.0 Å². The summed E-state index contributed by atoms with van der Waals surface area (Å²) in [5, 5.41) is 12.1. The molecule has 1 aliphatic heterocycles. The number of aliphatic hydroxyl groups is 1. The van der Waals surface area contributed by atoms with E-state index in [4.69, 9.17) is 5.11 Å². The molecule has 0 aliphatic carbocycles. The molecular formula is C13H18N2O2S.